The van der Waals surface area contributed by atoms with E-state index < -0.39 is 10.7 Å². The summed E-state index contributed by atoms with van der Waals surface area (Å²) in [7, 11) is 0. The van der Waals surface area contributed by atoms with Gasteiger partial charge >= 0.3 is 5.69 Å². The first-order chi connectivity index (χ1) is 11.1. The van der Waals surface area contributed by atoms with Crippen molar-refractivity contribution >= 4 is 24.0 Å². The number of amides is 1. The van der Waals surface area contributed by atoms with Crippen molar-refractivity contribution in [2.75, 3.05) is 19.6 Å². The van der Waals surface area contributed by atoms with Crippen LogP contribution in [0.1, 0.15) is 36.0 Å². The molecule has 0 bridgehead atoms. The highest BCUT2D eigenvalue weighted by atomic mass is 35.5. The number of halogens is 1. The average molecular weight is 356 g/mol. The van der Waals surface area contributed by atoms with Gasteiger partial charge in [-0.3, -0.25) is 14.9 Å². The number of phenols is 1. The number of carbonyl (C=O) groups excluding carboxylic acids is 1. The zero-order chi connectivity index (χ0) is 16.4. The first kappa shape index (κ1) is 18.5. The molecule has 2 saturated heterocycles. The largest absolute Gasteiger partial charge is 0.502 e. The molecule has 24 heavy (non-hydrogen) atoms. The lowest BCUT2D eigenvalue weighted by atomic mass is 9.88. The molecule has 2 heterocycles. The highest BCUT2D eigenvalue weighted by molar-refractivity contribution is 5.95. The maximum atomic E-state index is 12.5. The number of nitro groups is 1. The summed E-state index contributed by atoms with van der Waals surface area (Å²) in [6, 6.07) is 4.35. The molecule has 1 aromatic carbocycles. The van der Waals surface area contributed by atoms with Crippen molar-refractivity contribution in [1.29, 1.82) is 0 Å². The molecular weight excluding hydrogens is 334 g/mol. The molecule has 132 valence electrons. The Hall–Kier alpha value is -1.86. The van der Waals surface area contributed by atoms with Gasteiger partial charge in [0.2, 0.25) is 0 Å². The highest BCUT2D eigenvalue weighted by Crippen LogP contribution is 2.29. The molecule has 0 saturated carbocycles. The Balaban J connectivity index is 0.00000208. The fourth-order valence-corrected chi connectivity index (χ4v) is 3.61. The van der Waals surface area contributed by atoms with E-state index in [4.69, 9.17) is 0 Å². The summed E-state index contributed by atoms with van der Waals surface area (Å²) in [6.45, 7) is 2.48. The van der Waals surface area contributed by atoms with Crippen molar-refractivity contribution in [3.8, 4) is 5.75 Å². The number of nitrogens with zero attached hydrogens (tertiary/aromatic N) is 2. The van der Waals surface area contributed by atoms with Crippen molar-refractivity contribution in [2.45, 2.75) is 31.7 Å². The lowest BCUT2D eigenvalue weighted by Crippen LogP contribution is -2.43. The van der Waals surface area contributed by atoms with Crippen LogP contribution in [0.4, 0.5) is 5.69 Å². The minimum atomic E-state index is -0.663. The summed E-state index contributed by atoms with van der Waals surface area (Å²) in [4.78, 5) is 24.3. The summed E-state index contributed by atoms with van der Waals surface area (Å²) in [5.74, 6) is -0.0225. The molecule has 2 fully saturated rings. The number of carbonyl (C=O) groups is 1. The molecule has 2 N–H and O–H groups in total. The Morgan fingerprint density at radius 1 is 1.29 bits per heavy atom. The molecule has 2 aliphatic rings. The molecule has 2 aliphatic heterocycles. The van der Waals surface area contributed by atoms with Crippen molar-refractivity contribution < 1.29 is 14.8 Å². The van der Waals surface area contributed by atoms with E-state index in [2.05, 4.69) is 5.32 Å². The lowest BCUT2D eigenvalue weighted by molar-refractivity contribution is -0.385. The first-order valence-electron chi connectivity index (χ1n) is 8.06. The van der Waals surface area contributed by atoms with Crippen molar-refractivity contribution in [3.63, 3.8) is 0 Å². The number of hydrogen-bond donors (Lipinski definition) is 2. The Morgan fingerprint density at radius 3 is 2.54 bits per heavy atom. The molecule has 1 aromatic rings. The third-order valence-corrected chi connectivity index (χ3v) is 4.91. The number of benzene rings is 1. The number of likely N-dealkylation sites (tertiary alicyclic amines) is 1. The fraction of sp³-hybridized carbons (Fsp3) is 0.562. The van der Waals surface area contributed by atoms with Gasteiger partial charge in [-0.1, -0.05) is 0 Å². The number of nitro benzene ring substituents is 1. The number of piperidine rings is 1. The predicted octanol–water partition coefficient (Wildman–Crippen LogP) is 2.33. The zero-order valence-corrected chi connectivity index (χ0v) is 14.1. The van der Waals surface area contributed by atoms with Crippen LogP contribution in [0.15, 0.2) is 18.2 Å². The lowest BCUT2D eigenvalue weighted by Gasteiger charge is -2.35. The van der Waals surface area contributed by atoms with E-state index >= 15 is 0 Å². The normalized spacial score (nSPS) is 21.3. The van der Waals surface area contributed by atoms with E-state index in [1.165, 1.54) is 31.0 Å². The smallest absolute Gasteiger partial charge is 0.310 e. The van der Waals surface area contributed by atoms with Gasteiger partial charge in [-0.15, -0.1) is 12.4 Å². The monoisotopic (exact) mass is 355 g/mol. The second kappa shape index (κ2) is 7.81. The van der Waals surface area contributed by atoms with Gasteiger partial charge in [0, 0.05) is 30.8 Å². The van der Waals surface area contributed by atoms with Crippen LogP contribution in [0.3, 0.4) is 0 Å². The van der Waals surface area contributed by atoms with Crippen LogP contribution in [-0.4, -0.2) is 46.5 Å². The zero-order valence-electron chi connectivity index (χ0n) is 13.3. The van der Waals surface area contributed by atoms with E-state index in [1.54, 1.807) is 4.90 Å². The molecule has 3 rings (SSSR count). The molecular formula is C16H22ClN3O4. The van der Waals surface area contributed by atoms with Crippen molar-refractivity contribution in [2.24, 2.45) is 5.92 Å². The maximum absolute atomic E-state index is 12.5. The molecule has 0 aliphatic carbocycles. The number of rotatable bonds is 3. The van der Waals surface area contributed by atoms with Crippen LogP contribution in [0.2, 0.25) is 0 Å². The summed E-state index contributed by atoms with van der Waals surface area (Å²) < 4.78 is 0. The average Bonchev–Trinajstić information content (AvgIpc) is 3.08. The molecule has 0 radical (unpaired) electrons. The minimum Gasteiger partial charge on any atom is -0.502 e. The van der Waals surface area contributed by atoms with Crippen molar-refractivity contribution in [1.82, 2.24) is 10.2 Å². The van der Waals surface area contributed by atoms with Gasteiger partial charge in [0.15, 0.2) is 5.75 Å². The van der Waals surface area contributed by atoms with Crippen LogP contribution in [0, 0.1) is 16.0 Å². The van der Waals surface area contributed by atoms with Crippen molar-refractivity contribution in [3.05, 3.63) is 33.9 Å². The molecule has 1 amide bonds. The molecule has 1 unspecified atom stereocenters. The summed E-state index contributed by atoms with van der Waals surface area (Å²) in [5, 5.41) is 23.9. The first-order valence-corrected chi connectivity index (χ1v) is 8.06. The van der Waals surface area contributed by atoms with Crippen LogP contribution >= 0.6 is 12.4 Å². The SMILES string of the molecule is Cl.O=C(c1ccc([N+](=O)[O-])c(O)c1)N1CCC(C2CCCN2)CC1. The summed E-state index contributed by atoms with van der Waals surface area (Å²) >= 11 is 0. The number of aromatic hydroxyl groups is 1. The van der Waals surface area contributed by atoms with Gasteiger partial charge in [-0.05, 0) is 50.3 Å². The maximum Gasteiger partial charge on any atom is 0.310 e. The number of phenolic OH excluding ortho intramolecular Hbond substituents is 1. The Kier molecular flexibility index (Phi) is 6.01. The van der Waals surface area contributed by atoms with E-state index in [-0.39, 0.29) is 24.0 Å². The standard InChI is InChI=1S/C16H21N3O4.ClH/c20-15-10-12(3-4-14(15)19(22)23)16(21)18-8-5-11(6-9-18)13-2-1-7-17-13;/h3-4,10-11,13,17,20H,1-2,5-9H2;1H. The van der Waals surface area contributed by atoms with Gasteiger partial charge < -0.3 is 15.3 Å². The third kappa shape index (κ3) is 3.79. The summed E-state index contributed by atoms with van der Waals surface area (Å²) in [5.41, 5.74) is -0.0851. The van der Waals surface area contributed by atoms with Crippen LogP contribution in [0.5, 0.6) is 5.75 Å². The quantitative estimate of drug-likeness (QED) is 0.640. The minimum absolute atomic E-state index is 0. The van der Waals surface area contributed by atoms with Crippen LogP contribution in [-0.2, 0) is 0 Å². The molecule has 1 atom stereocenters. The Bertz CT molecular complexity index is 611. The van der Waals surface area contributed by atoms with E-state index in [0.29, 0.717) is 30.6 Å². The number of hydrogen-bond acceptors (Lipinski definition) is 5. The molecule has 7 nitrogen and oxygen atoms in total. The Labute approximate surface area is 146 Å². The fourth-order valence-electron chi connectivity index (χ4n) is 3.61. The van der Waals surface area contributed by atoms with E-state index in [1.807, 2.05) is 0 Å². The van der Waals surface area contributed by atoms with E-state index in [0.717, 1.165) is 19.4 Å². The topological polar surface area (TPSA) is 95.7 Å². The van der Waals surface area contributed by atoms with Crippen LogP contribution < -0.4 is 5.32 Å². The van der Waals surface area contributed by atoms with Crippen LogP contribution in [0.25, 0.3) is 0 Å². The highest BCUT2D eigenvalue weighted by Gasteiger charge is 2.30. The van der Waals surface area contributed by atoms with Gasteiger partial charge in [0.05, 0.1) is 4.92 Å². The molecule has 0 aromatic heterocycles. The van der Waals surface area contributed by atoms with Gasteiger partial charge in [-0.25, -0.2) is 0 Å². The van der Waals surface area contributed by atoms with E-state index in [9.17, 15) is 20.0 Å². The summed E-state index contributed by atoms with van der Waals surface area (Å²) in [6.07, 6.45) is 4.39. The Morgan fingerprint density at radius 2 is 2.00 bits per heavy atom. The second-order valence-corrected chi connectivity index (χ2v) is 6.29. The second-order valence-electron chi connectivity index (χ2n) is 6.29. The number of nitrogens with one attached hydrogen (secondary N) is 1. The van der Waals surface area contributed by atoms with Gasteiger partial charge in [-0.2, -0.15) is 0 Å². The predicted molar refractivity (Wildman–Crippen MR) is 91.7 cm³/mol. The molecule has 8 heteroatoms. The van der Waals surface area contributed by atoms with Gasteiger partial charge in [0.25, 0.3) is 5.91 Å². The third-order valence-electron chi connectivity index (χ3n) is 4.91. The molecule has 0 spiro atoms. The van der Waals surface area contributed by atoms with Gasteiger partial charge in [0.1, 0.15) is 0 Å².